The van der Waals surface area contributed by atoms with Crippen LogP contribution in [-0.4, -0.2) is 36.0 Å². The highest BCUT2D eigenvalue weighted by Crippen LogP contribution is 2.24. The molecule has 1 aliphatic heterocycles. The number of rotatable bonds is 4. The molecular formula is C15H18BrNO3. The number of carbonyl (C=O) groups excluding carboxylic acids is 2. The van der Waals surface area contributed by atoms with Gasteiger partial charge in [-0.2, -0.15) is 0 Å². The third-order valence-corrected chi connectivity index (χ3v) is 4.03. The number of esters is 1. The number of likely N-dealkylation sites (tertiary alicyclic amines) is 1. The predicted molar refractivity (Wildman–Crippen MR) is 79.5 cm³/mol. The maximum atomic E-state index is 12.5. The summed E-state index contributed by atoms with van der Waals surface area (Å²) in [5.74, 6) is -0.404. The summed E-state index contributed by atoms with van der Waals surface area (Å²) >= 11 is 3.38. The number of halogens is 1. The molecule has 108 valence electrons. The Morgan fingerprint density at radius 2 is 2.15 bits per heavy atom. The molecule has 0 saturated carbocycles. The number of hydrogen-bond donors (Lipinski definition) is 0. The van der Waals surface area contributed by atoms with Crippen LogP contribution >= 0.6 is 15.9 Å². The molecule has 2 rings (SSSR count). The second-order valence-corrected chi connectivity index (χ2v) is 5.66. The highest BCUT2D eigenvalue weighted by atomic mass is 79.9. The lowest BCUT2D eigenvalue weighted by Crippen LogP contribution is -2.41. The first kappa shape index (κ1) is 15.0. The molecule has 5 heteroatoms. The molecule has 1 fully saturated rings. The Balaban J connectivity index is 2.13. The Hall–Kier alpha value is -1.36. The molecular weight excluding hydrogens is 322 g/mol. The molecule has 0 radical (unpaired) electrons. The van der Waals surface area contributed by atoms with Crippen molar-refractivity contribution in [3.8, 4) is 0 Å². The van der Waals surface area contributed by atoms with Crippen molar-refractivity contribution in [2.45, 2.75) is 32.2 Å². The Morgan fingerprint density at radius 3 is 2.85 bits per heavy atom. The van der Waals surface area contributed by atoms with Crippen LogP contribution in [0.4, 0.5) is 0 Å². The molecule has 0 aliphatic carbocycles. The van der Waals surface area contributed by atoms with Gasteiger partial charge >= 0.3 is 5.97 Å². The molecule has 1 heterocycles. The van der Waals surface area contributed by atoms with E-state index in [0.717, 1.165) is 17.3 Å². The molecule has 1 aliphatic rings. The van der Waals surface area contributed by atoms with Gasteiger partial charge in [-0.1, -0.05) is 19.1 Å². The summed E-state index contributed by atoms with van der Waals surface area (Å²) < 4.78 is 5.92. The SMILES string of the molecule is CCCOC(=O)C1CCCN1C(=O)c1ccccc1Br. The quantitative estimate of drug-likeness (QED) is 0.792. The van der Waals surface area contributed by atoms with Gasteiger partial charge in [0.2, 0.25) is 0 Å². The standard InChI is InChI=1S/C15H18BrNO3/c1-2-10-20-15(19)13-8-5-9-17(13)14(18)11-6-3-4-7-12(11)16/h3-4,6-7,13H,2,5,8-10H2,1H3. The Bertz CT molecular complexity index is 504. The van der Waals surface area contributed by atoms with Gasteiger partial charge in [0, 0.05) is 11.0 Å². The minimum Gasteiger partial charge on any atom is -0.464 e. The average molecular weight is 340 g/mol. The van der Waals surface area contributed by atoms with Gasteiger partial charge < -0.3 is 9.64 Å². The molecule has 4 nitrogen and oxygen atoms in total. The summed E-state index contributed by atoms with van der Waals surface area (Å²) in [5, 5.41) is 0. The van der Waals surface area contributed by atoms with Crippen molar-refractivity contribution in [2.75, 3.05) is 13.2 Å². The molecule has 1 aromatic rings. The van der Waals surface area contributed by atoms with Gasteiger partial charge in [-0.3, -0.25) is 4.79 Å². The number of benzene rings is 1. The fraction of sp³-hybridized carbons (Fsp3) is 0.467. The summed E-state index contributed by atoms with van der Waals surface area (Å²) in [6.07, 6.45) is 2.30. The first-order valence-electron chi connectivity index (χ1n) is 6.87. The van der Waals surface area contributed by atoms with Crippen LogP contribution in [0.25, 0.3) is 0 Å². The zero-order chi connectivity index (χ0) is 14.5. The zero-order valence-corrected chi connectivity index (χ0v) is 13.1. The Kier molecular flexibility index (Phi) is 5.17. The smallest absolute Gasteiger partial charge is 0.328 e. The molecule has 1 atom stereocenters. The van der Waals surface area contributed by atoms with E-state index in [-0.39, 0.29) is 11.9 Å². The average Bonchev–Trinajstić information content (AvgIpc) is 2.94. The first-order valence-corrected chi connectivity index (χ1v) is 7.66. The van der Waals surface area contributed by atoms with Gasteiger partial charge in [0.15, 0.2) is 0 Å². The summed E-state index contributed by atoms with van der Waals surface area (Å²) in [6, 6.07) is 6.82. The summed E-state index contributed by atoms with van der Waals surface area (Å²) in [6.45, 7) is 2.96. The van der Waals surface area contributed by atoms with E-state index in [2.05, 4.69) is 15.9 Å². The van der Waals surface area contributed by atoms with Gasteiger partial charge in [-0.05, 0) is 47.3 Å². The van der Waals surface area contributed by atoms with Crippen molar-refractivity contribution >= 4 is 27.8 Å². The van der Waals surface area contributed by atoms with Gasteiger partial charge in [-0.25, -0.2) is 4.79 Å². The zero-order valence-electron chi connectivity index (χ0n) is 11.5. The number of amides is 1. The van der Waals surface area contributed by atoms with E-state index >= 15 is 0 Å². The third-order valence-electron chi connectivity index (χ3n) is 3.34. The third kappa shape index (κ3) is 3.20. The van der Waals surface area contributed by atoms with E-state index in [1.165, 1.54) is 0 Å². The number of carbonyl (C=O) groups is 2. The minimum absolute atomic E-state index is 0.117. The Labute approximate surface area is 127 Å². The van der Waals surface area contributed by atoms with Crippen molar-refractivity contribution in [2.24, 2.45) is 0 Å². The highest BCUT2D eigenvalue weighted by Gasteiger charge is 2.36. The largest absolute Gasteiger partial charge is 0.464 e. The van der Waals surface area contributed by atoms with E-state index in [1.54, 1.807) is 11.0 Å². The second-order valence-electron chi connectivity index (χ2n) is 4.80. The van der Waals surface area contributed by atoms with Crippen molar-refractivity contribution < 1.29 is 14.3 Å². The number of hydrogen-bond acceptors (Lipinski definition) is 3. The summed E-state index contributed by atoms with van der Waals surface area (Å²) in [5.41, 5.74) is 0.586. The lowest BCUT2D eigenvalue weighted by Gasteiger charge is -2.23. The van der Waals surface area contributed by atoms with Crippen LogP contribution in [0.1, 0.15) is 36.5 Å². The fourth-order valence-corrected chi connectivity index (χ4v) is 2.80. The van der Waals surface area contributed by atoms with Gasteiger partial charge in [-0.15, -0.1) is 0 Å². The van der Waals surface area contributed by atoms with Gasteiger partial charge in [0.25, 0.3) is 5.91 Å². The lowest BCUT2D eigenvalue weighted by molar-refractivity contribution is -0.148. The van der Waals surface area contributed by atoms with Gasteiger partial charge in [0.05, 0.1) is 12.2 Å². The molecule has 20 heavy (non-hydrogen) atoms. The second kappa shape index (κ2) is 6.88. The molecule has 0 N–H and O–H groups in total. The number of ether oxygens (including phenoxy) is 1. The summed E-state index contributed by atoms with van der Waals surface area (Å²) in [7, 11) is 0. The molecule has 0 aromatic heterocycles. The maximum absolute atomic E-state index is 12.5. The van der Waals surface area contributed by atoms with Crippen molar-refractivity contribution in [3.63, 3.8) is 0 Å². The minimum atomic E-state index is -0.443. The topological polar surface area (TPSA) is 46.6 Å². The predicted octanol–water partition coefficient (Wildman–Crippen LogP) is 3.01. The molecule has 1 amide bonds. The maximum Gasteiger partial charge on any atom is 0.328 e. The van der Waals surface area contributed by atoms with Crippen LogP contribution in [0, 0.1) is 0 Å². The lowest BCUT2D eigenvalue weighted by atomic mass is 10.1. The van der Waals surface area contributed by atoms with Crippen LogP contribution in [0.15, 0.2) is 28.7 Å². The van der Waals surface area contributed by atoms with E-state index in [9.17, 15) is 9.59 Å². The van der Waals surface area contributed by atoms with Crippen LogP contribution < -0.4 is 0 Å². The normalized spacial score (nSPS) is 18.1. The van der Waals surface area contributed by atoms with Crippen LogP contribution in [-0.2, 0) is 9.53 Å². The molecule has 1 unspecified atom stereocenters. The van der Waals surface area contributed by atoms with E-state index in [4.69, 9.17) is 4.74 Å². The van der Waals surface area contributed by atoms with Crippen LogP contribution in [0.2, 0.25) is 0 Å². The fourth-order valence-electron chi connectivity index (χ4n) is 2.34. The van der Waals surface area contributed by atoms with E-state index in [1.807, 2.05) is 25.1 Å². The van der Waals surface area contributed by atoms with Crippen molar-refractivity contribution in [1.29, 1.82) is 0 Å². The van der Waals surface area contributed by atoms with Crippen molar-refractivity contribution in [1.82, 2.24) is 4.90 Å². The monoisotopic (exact) mass is 339 g/mol. The van der Waals surface area contributed by atoms with Crippen LogP contribution in [0.3, 0.4) is 0 Å². The Morgan fingerprint density at radius 1 is 1.40 bits per heavy atom. The molecule has 1 aromatic carbocycles. The molecule has 0 spiro atoms. The summed E-state index contributed by atoms with van der Waals surface area (Å²) in [4.78, 5) is 26.2. The van der Waals surface area contributed by atoms with Crippen molar-refractivity contribution in [3.05, 3.63) is 34.3 Å². The van der Waals surface area contributed by atoms with E-state index in [0.29, 0.717) is 25.1 Å². The van der Waals surface area contributed by atoms with E-state index < -0.39 is 6.04 Å². The van der Waals surface area contributed by atoms with Crippen LogP contribution in [0.5, 0.6) is 0 Å². The highest BCUT2D eigenvalue weighted by molar-refractivity contribution is 9.10. The molecule has 1 saturated heterocycles. The van der Waals surface area contributed by atoms with Gasteiger partial charge in [0.1, 0.15) is 6.04 Å². The first-order chi connectivity index (χ1) is 9.65. The number of nitrogens with zero attached hydrogens (tertiary/aromatic N) is 1. The molecule has 0 bridgehead atoms.